The third-order valence-corrected chi connectivity index (χ3v) is 5.24. The van der Waals surface area contributed by atoms with Gasteiger partial charge in [0.2, 0.25) is 0 Å². The van der Waals surface area contributed by atoms with E-state index < -0.39 is 0 Å². The normalized spacial score (nSPS) is 14.1. The smallest absolute Gasteiger partial charge is 0.306 e. The minimum absolute atomic E-state index is 0.0287. The van der Waals surface area contributed by atoms with Crippen molar-refractivity contribution in [2.24, 2.45) is 5.92 Å². The average Bonchev–Trinajstić information content (AvgIpc) is 2.40. The van der Waals surface area contributed by atoms with Gasteiger partial charge in [0.1, 0.15) is 0 Å². The third-order valence-electron chi connectivity index (χ3n) is 3.60. The van der Waals surface area contributed by atoms with Crippen molar-refractivity contribution in [1.29, 1.82) is 0 Å². The molecule has 0 fully saturated rings. The Morgan fingerprint density at radius 3 is 2.26 bits per heavy atom. The van der Waals surface area contributed by atoms with Crippen molar-refractivity contribution < 1.29 is 9.53 Å². The van der Waals surface area contributed by atoms with Gasteiger partial charge in [-0.15, -0.1) is 0 Å². The Labute approximate surface area is 133 Å². The standard InChI is InChI=1S/C16H31IO2/c1-4-7-8-9-10-11-12-15(17)14(5-2)13-16(18)19-6-3/h14-15H,4-13H2,1-3H3. The molecule has 2 atom stereocenters. The summed E-state index contributed by atoms with van der Waals surface area (Å²) in [6.45, 7) is 6.80. The van der Waals surface area contributed by atoms with Crippen LogP contribution in [0.1, 0.15) is 78.6 Å². The number of unbranched alkanes of at least 4 members (excludes halogenated alkanes) is 5. The first-order chi connectivity index (χ1) is 9.15. The van der Waals surface area contributed by atoms with E-state index in [0.717, 1.165) is 6.42 Å². The Hall–Kier alpha value is 0.200. The monoisotopic (exact) mass is 382 g/mol. The lowest BCUT2D eigenvalue weighted by molar-refractivity contribution is -0.144. The molecule has 0 aromatic carbocycles. The van der Waals surface area contributed by atoms with Crippen LogP contribution in [-0.4, -0.2) is 16.5 Å². The summed E-state index contributed by atoms with van der Waals surface area (Å²) in [6.07, 6.45) is 11.0. The fourth-order valence-corrected chi connectivity index (χ4v) is 3.52. The summed E-state index contributed by atoms with van der Waals surface area (Å²) in [4.78, 5) is 11.5. The van der Waals surface area contributed by atoms with E-state index in [9.17, 15) is 4.79 Å². The summed E-state index contributed by atoms with van der Waals surface area (Å²) in [5.74, 6) is 0.453. The maximum Gasteiger partial charge on any atom is 0.306 e. The van der Waals surface area contributed by atoms with E-state index in [-0.39, 0.29) is 5.97 Å². The lowest BCUT2D eigenvalue weighted by Gasteiger charge is -2.20. The first kappa shape index (κ1) is 19.2. The molecule has 0 saturated heterocycles. The Morgan fingerprint density at radius 2 is 1.68 bits per heavy atom. The molecule has 2 nitrogen and oxygen atoms in total. The zero-order valence-corrected chi connectivity index (χ0v) is 15.1. The van der Waals surface area contributed by atoms with Crippen LogP contribution in [0.3, 0.4) is 0 Å². The van der Waals surface area contributed by atoms with Crippen molar-refractivity contribution in [1.82, 2.24) is 0 Å². The van der Waals surface area contributed by atoms with Crippen molar-refractivity contribution in [3.63, 3.8) is 0 Å². The number of alkyl halides is 1. The van der Waals surface area contributed by atoms with Gasteiger partial charge in [0.25, 0.3) is 0 Å². The topological polar surface area (TPSA) is 26.3 Å². The lowest BCUT2D eigenvalue weighted by atomic mass is 9.94. The quantitative estimate of drug-likeness (QED) is 0.192. The molecular formula is C16H31IO2. The average molecular weight is 382 g/mol. The largest absolute Gasteiger partial charge is 0.466 e. The molecule has 0 amide bonds. The second-order valence-corrected chi connectivity index (χ2v) is 6.85. The van der Waals surface area contributed by atoms with Crippen LogP contribution in [0.4, 0.5) is 0 Å². The molecule has 0 aliphatic carbocycles. The fraction of sp³-hybridized carbons (Fsp3) is 0.938. The van der Waals surface area contributed by atoms with Crippen LogP contribution in [0.5, 0.6) is 0 Å². The van der Waals surface area contributed by atoms with E-state index in [1.54, 1.807) is 0 Å². The molecule has 114 valence electrons. The molecule has 0 bridgehead atoms. The van der Waals surface area contributed by atoms with Crippen LogP contribution in [0.15, 0.2) is 0 Å². The minimum atomic E-state index is -0.0287. The highest BCUT2D eigenvalue weighted by molar-refractivity contribution is 14.1. The first-order valence-corrected chi connectivity index (χ1v) is 9.19. The van der Waals surface area contributed by atoms with Gasteiger partial charge in [-0.05, 0) is 19.3 Å². The van der Waals surface area contributed by atoms with Gasteiger partial charge in [0.15, 0.2) is 0 Å². The number of rotatable bonds is 12. The maximum absolute atomic E-state index is 11.5. The number of carbonyl (C=O) groups excluding carboxylic acids is 1. The molecule has 0 aliphatic heterocycles. The van der Waals surface area contributed by atoms with E-state index >= 15 is 0 Å². The fourth-order valence-electron chi connectivity index (χ4n) is 2.32. The summed E-state index contributed by atoms with van der Waals surface area (Å²) in [5.41, 5.74) is 0. The molecule has 0 N–H and O–H groups in total. The molecule has 0 aromatic rings. The summed E-state index contributed by atoms with van der Waals surface area (Å²) in [7, 11) is 0. The van der Waals surface area contributed by atoms with Gasteiger partial charge in [0.05, 0.1) is 6.61 Å². The minimum Gasteiger partial charge on any atom is -0.466 e. The van der Waals surface area contributed by atoms with E-state index in [1.165, 1.54) is 44.9 Å². The second-order valence-electron chi connectivity index (χ2n) is 5.25. The van der Waals surface area contributed by atoms with Crippen LogP contribution < -0.4 is 0 Å². The molecule has 0 heterocycles. The van der Waals surface area contributed by atoms with E-state index in [4.69, 9.17) is 4.74 Å². The molecule has 0 aromatic heterocycles. The van der Waals surface area contributed by atoms with Crippen LogP contribution in [0, 0.1) is 5.92 Å². The zero-order valence-electron chi connectivity index (χ0n) is 12.9. The second kappa shape index (κ2) is 13.2. The van der Waals surface area contributed by atoms with Crippen LogP contribution in [0.2, 0.25) is 0 Å². The number of hydrogen-bond acceptors (Lipinski definition) is 2. The van der Waals surface area contributed by atoms with Crippen LogP contribution in [-0.2, 0) is 9.53 Å². The number of halogens is 1. The van der Waals surface area contributed by atoms with Gasteiger partial charge < -0.3 is 4.74 Å². The third kappa shape index (κ3) is 10.6. The van der Waals surface area contributed by atoms with Crippen molar-refractivity contribution in [2.45, 2.75) is 82.5 Å². The summed E-state index contributed by atoms with van der Waals surface area (Å²) in [5, 5.41) is 0. The van der Waals surface area contributed by atoms with E-state index in [2.05, 4.69) is 36.4 Å². The molecule has 0 saturated carbocycles. The van der Waals surface area contributed by atoms with Gasteiger partial charge in [0, 0.05) is 10.3 Å². The van der Waals surface area contributed by atoms with E-state index in [1.807, 2.05) is 6.92 Å². The highest BCUT2D eigenvalue weighted by atomic mass is 127. The van der Waals surface area contributed by atoms with Gasteiger partial charge in [-0.3, -0.25) is 4.79 Å². The molecule has 3 heteroatoms. The Kier molecular flexibility index (Phi) is 13.3. The Balaban J connectivity index is 3.75. The van der Waals surface area contributed by atoms with E-state index in [0.29, 0.717) is 22.9 Å². The van der Waals surface area contributed by atoms with Gasteiger partial charge in [-0.25, -0.2) is 0 Å². The molecule has 0 spiro atoms. The number of carbonyl (C=O) groups is 1. The summed E-state index contributed by atoms with van der Waals surface area (Å²) in [6, 6.07) is 0. The molecule has 19 heavy (non-hydrogen) atoms. The zero-order chi connectivity index (χ0) is 14.5. The molecular weight excluding hydrogens is 351 g/mol. The van der Waals surface area contributed by atoms with Gasteiger partial charge in [-0.1, -0.05) is 81.4 Å². The molecule has 0 rings (SSSR count). The SMILES string of the molecule is CCCCCCCCC(I)C(CC)CC(=O)OCC. The van der Waals surface area contributed by atoms with Gasteiger partial charge in [-0.2, -0.15) is 0 Å². The van der Waals surface area contributed by atoms with Crippen LogP contribution in [0.25, 0.3) is 0 Å². The number of ether oxygens (including phenoxy) is 1. The Bertz CT molecular complexity index is 219. The number of hydrogen-bond donors (Lipinski definition) is 0. The number of esters is 1. The molecule has 0 aliphatic rings. The lowest BCUT2D eigenvalue weighted by Crippen LogP contribution is -2.19. The highest BCUT2D eigenvalue weighted by Crippen LogP contribution is 2.26. The Morgan fingerprint density at radius 1 is 1.05 bits per heavy atom. The highest BCUT2D eigenvalue weighted by Gasteiger charge is 2.20. The van der Waals surface area contributed by atoms with Crippen molar-refractivity contribution >= 4 is 28.6 Å². The van der Waals surface area contributed by atoms with Crippen molar-refractivity contribution in [3.05, 3.63) is 0 Å². The summed E-state index contributed by atoms with van der Waals surface area (Å²) < 4.78 is 5.66. The summed E-state index contributed by atoms with van der Waals surface area (Å²) >= 11 is 2.53. The predicted octanol–water partition coefficient (Wildman–Crippen LogP) is 5.52. The van der Waals surface area contributed by atoms with Crippen molar-refractivity contribution in [3.8, 4) is 0 Å². The molecule has 2 unspecified atom stereocenters. The van der Waals surface area contributed by atoms with Gasteiger partial charge >= 0.3 is 5.97 Å². The maximum atomic E-state index is 11.5. The van der Waals surface area contributed by atoms with Crippen molar-refractivity contribution in [2.75, 3.05) is 6.61 Å². The van der Waals surface area contributed by atoms with Crippen LogP contribution >= 0.6 is 22.6 Å². The first-order valence-electron chi connectivity index (χ1n) is 7.95. The molecule has 0 radical (unpaired) electrons. The predicted molar refractivity (Wildman–Crippen MR) is 90.8 cm³/mol.